The van der Waals surface area contributed by atoms with E-state index in [1.807, 2.05) is 0 Å². The van der Waals surface area contributed by atoms with E-state index in [1.165, 1.54) is 24.3 Å². The Morgan fingerprint density at radius 1 is 1.12 bits per heavy atom. The SMILES string of the molecule is O=C(/C=C/c1ccc(Cl)cc1)NC(=S)Nc1ccc(Cl)cc1[N+](=O)[O-]. The van der Waals surface area contributed by atoms with Crippen molar-refractivity contribution in [3.63, 3.8) is 0 Å². The maximum Gasteiger partial charge on any atom is 0.294 e. The number of nitro benzene ring substituents is 1. The van der Waals surface area contributed by atoms with Crippen LogP contribution in [0, 0.1) is 10.1 Å². The van der Waals surface area contributed by atoms with Crippen LogP contribution in [-0.2, 0) is 4.79 Å². The Balaban J connectivity index is 1.99. The second-order valence-corrected chi connectivity index (χ2v) is 6.03. The molecule has 25 heavy (non-hydrogen) atoms. The van der Waals surface area contributed by atoms with Gasteiger partial charge in [-0.15, -0.1) is 0 Å². The monoisotopic (exact) mass is 395 g/mol. The number of carbonyl (C=O) groups is 1. The van der Waals surface area contributed by atoms with Crippen molar-refractivity contribution in [2.45, 2.75) is 0 Å². The molecule has 0 bridgehead atoms. The molecule has 0 aromatic heterocycles. The fraction of sp³-hybridized carbons (Fsp3) is 0. The highest BCUT2D eigenvalue weighted by atomic mass is 35.5. The van der Waals surface area contributed by atoms with Crippen LogP contribution in [0.2, 0.25) is 10.0 Å². The van der Waals surface area contributed by atoms with Crippen molar-refractivity contribution in [1.29, 1.82) is 0 Å². The molecule has 2 N–H and O–H groups in total. The first kappa shape index (κ1) is 18.9. The van der Waals surface area contributed by atoms with Gasteiger partial charge in [0, 0.05) is 22.2 Å². The molecule has 0 saturated carbocycles. The lowest BCUT2D eigenvalue weighted by atomic mass is 10.2. The van der Waals surface area contributed by atoms with Crippen molar-refractivity contribution < 1.29 is 9.72 Å². The van der Waals surface area contributed by atoms with E-state index in [0.717, 1.165) is 5.56 Å². The van der Waals surface area contributed by atoms with Gasteiger partial charge in [-0.2, -0.15) is 0 Å². The number of nitrogens with zero attached hydrogens (tertiary/aromatic N) is 1. The summed E-state index contributed by atoms with van der Waals surface area (Å²) in [5.41, 5.74) is 0.661. The second-order valence-electron chi connectivity index (χ2n) is 4.75. The van der Waals surface area contributed by atoms with Crippen molar-refractivity contribution >= 4 is 63.9 Å². The van der Waals surface area contributed by atoms with Crippen LogP contribution in [-0.4, -0.2) is 15.9 Å². The highest BCUT2D eigenvalue weighted by Crippen LogP contribution is 2.27. The molecule has 0 atom stereocenters. The van der Waals surface area contributed by atoms with E-state index in [9.17, 15) is 14.9 Å². The van der Waals surface area contributed by atoms with Crippen LogP contribution in [0.1, 0.15) is 5.56 Å². The minimum Gasteiger partial charge on any atom is -0.327 e. The molecule has 0 spiro atoms. The number of hydrogen-bond acceptors (Lipinski definition) is 4. The lowest BCUT2D eigenvalue weighted by molar-refractivity contribution is -0.383. The molecule has 2 aromatic carbocycles. The molecule has 0 aliphatic heterocycles. The molecule has 0 saturated heterocycles. The topological polar surface area (TPSA) is 84.3 Å². The molecular weight excluding hydrogens is 385 g/mol. The molecule has 9 heteroatoms. The summed E-state index contributed by atoms with van der Waals surface area (Å²) in [6.45, 7) is 0. The number of carbonyl (C=O) groups excluding carboxylic acids is 1. The second kappa shape index (κ2) is 8.57. The quantitative estimate of drug-likeness (QED) is 0.346. The van der Waals surface area contributed by atoms with Crippen LogP contribution in [0.3, 0.4) is 0 Å². The molecule has 0 unspecified atom stereocenters. The molecule has 0 fully saturated rings. The number of nitrogens with one attached hydrogen (secondary N) is 2. The largest absolute Gasteiger partial charge is 0.327 e. The lowest BCUT2D eigenvalue weighted by Crippen LogP contribution is -2.33. The van der Waals surface area contributed by atoms with Crippen LogP contribution in [0.15, 0.2) is 48.5 Å². The van der Waals surface area contributed by atoms with Gasteiger partial charge in [0.15, 0.2) is 5.11 Å². The highest BCUT2D eigenvalue weighted by Gasteiger charge is 2.15. The van der Waals surface area contributed by atoms with Crippen molar-refractivity contribution in [3.8, 4) is 0 Å². The summed E-state index contributed by atoms with van der Waals surface area (Å²) in [5, 5.41) is 16.8. The average molecular weight is 396 g/mol. The Hall–Kier alpha value is -2.48. The molecular formula is C16H11Cl2N3O3S. The van der Waals surface area contributed by atoms with Gasteiger partial charge < -0.3 is 5.32 Å². The lowest BCUT2D eigenvalue weighted by Gasteiger charge is -2.08. The molecule has 2 rings (SSSR count). The summed E-state index contributed by atoms with van der Waals surface area (Å²) < 4.78 is 0. The summed E-state index contributed by atoms with van der Waals surface area (Å²) in [5.74, 6) is -0.482. The maximum atomic E-state index is 11.9. The first-order chi connectivity index (χ1) is 11.8. The number of anilines is 1. The van der Waals surface area contributed by atoms with E-state index in [0.29, 0.717) is 5.02 Å². The van der Waals surface area contributed by atoms with E-state index in [2.05, 4.69) is 10.6 Å². The zero-order chi connectivity index (χ0) is 18.4. The van der Waals surface area contributed by atoms with Gasteiger partial charge in [-0.1, -0.05) is 35.3 Å². The fourth-order valence-corrected chi connectivity index (χ4v) is 2.32. The molecule has 6 nitrogen and oxygen atoms in total. The number of thiocarbonyl (C=S) groups is 1. The molecule has 0 heterocycles. The van der Waals surface area contributed by atoms with Gasteiger partial charge in [-0.3, -0.25) is 20.2 Å². The van der Waals surface area contributed by atoms with Gasteiger partial charge in [0.2, 0.25) is 5.91 Å². The summed E-state index contributed by atoms with van der Waals surface area (Å²) in [6.07, 6.45) is 2.87. The van der Waals surface area contributed by atoms with Crippen molar-refractivity contribution in [1.82, 2.24) is 5.32 Å². The zero-order valence-electron chi connectivity index (χ0n) is 12.5. The van der Waals surface area contributed by atoms with Gasteiger partial charge in [0.25, 0.3) is 5.69 Å². The van der Waals surface area contributed by atoms with Crippen LogP contribution in [0.25, 0.3) is 6.08 Å². The molecule has 128 valence electrons. The standard InChI is InChI=1S/C16H11Cl2N3O3S/c17-11-4-1-10(2-5-11)3-8-15(22)20-16(25)19-13-7-6-12(18)9-14(13)21(23)24/h1-9H,(H2,19,20,22,25)/b8-3+. The van der Waals surface area contributed by atoms with Crippen LogP contribution >= 0.6 is 35.4 Å². The van der Waals surface area contributed by atoms with Gasteiger partial charge in [0.1, 0.15) is 5.69 Å². The van der Waals surface area contributed by atoms with E-state index in [-0.39, 0.29) is 21.5 Å². The van der Waals surface area contributed by atoms with Crippen LogP contribution in [0.4, 0.5) is 11.4 Å². The van der Waals surface area contributed by atoms with E-state index in [1.54, 1.807) is 30.3 Å². The number of hydrogen-bond donors (Lipinski definition) is 2. The average Bonchev–Trinajstić information content (AvgIpc) is 2.55. The Bertz CT molecular complexity index is 854. The molecule has 0 radical (unpaired) electrons. The predicted octanol–water partition coefficient (Wildman–Crippen LogP) is 4.43. The smallest absolute Gasteiger partial charge is 0.294 e. The van der Waals surface area contributed by atoms with Gasteiger partial charge in [-0.05, 0) is 48.1 Å². The van der Waals surface area contributed by atoms with E-state index < -0.39 is 10.8 Å². The minimum absolute atomic E-state index is 0.0730. The fourth-order valence-electron chi connectivity index (χ4n) is 1.81. The van der Waals surface area contributed by atoms with E-state index in [4.69, 9.17) is 35.4 Å². The normalized spacial score (nSPS) is 10.5. The van der Waals surface area contributed by atoms with Crippen molar-refractivity contribution in [2.24, 2.45) is 0 Å². The Labute approximate surface area is 158 Å². The van der Waals surface area contributed by atoms with Crippen molar-refractivity contribution in [2.75, 3.05) is 5.32 Å². The highest BCUT2D eigenvalue weighted by molar-refractivity contribution is 7.80. The maximum absolute atomic E-state index is 11.9. The number of nitro groups is 1. The number of benzene rings is 2. The van der Waals surface area contributed by atoms with Crippen molar-refractivity contribution in [3.05, 3.63) is 74.3 Å². The Kier molecular flexibility index (Phi) is 6.46. The van der Waals surface area contributed by atoms with E-state index >= 15 is 0 Å². The summed E-state index contributed by atoms with van der Waals surface area (Å²) in [7, 11) is 0. The third kappa shape index (κ3) is 5.82. The van der Waals surface area contributed by atoms with Gasteiger partial charge >= 0.3 is 0 Å². The predicted molar refractivity (Wildman–Crippen MR) is 103 cm³/mol. The minimum atomic E-state index is -0.598. The zero-order valence-corrected chi connectivity index (χ0v) is 14.9. The van der Waals surface area contributed by atoms with Crippen LogP contribution in [0.5, 0.6) is 0 Å². The Morgan fingerprint density at radius 2 is 1.76 bits per heavy atom. The Morgan fingerprint density at radius 3 is 2.40 bits per heavy atom. The third-order valence-electron chi connectivity index (χ3n) is 2.94. The molecule has 0 aliphatic carbocycles. The third-order valence-corrected chi connectivity index (χ3v) is 3.63. The molecule has 2 aromatic rings. The van der Waals surface area contributed by atoms with Gasteiger partial charge in [-0.25, -0.2) is 0 Å². The molecule has 0 aliphatic rings. The number of rotatable bonds is 4. The summed E-state index contributed by atoms with van der Waals surface area (Å²) in [4.78, 5) is 22.3. The van der Waals surface area contributed by atoms with Gasteiger partial charge in [0.05, 0.1) is 4.92 Å². The molecule has 1 amide bonds. The first-order valence-corrected chi connectivity index (χ1v) is 8.01. The summed E-state index contributed by atoms with van der Waals surface area (Å²) in [6, 6.07) is 11.0. The summed E-state index contributed by atoms with van der Waals surface area (Å²) >= 11 is 16.5. The first-order valence-electron chi connectivity index (χ1n) is 6.85. The van der Waals surface area contributed by atoms with Crippen LogP contribution < -0.4 is 10.6 Å². The number of halogens is 2. The number of amides is 1.